The standard InChI is InChI=1S/C13H24N2/c1-10-6-5-9-15(11(10)2)13(14)12-7-3-4-8-12/h10-12,14H,3-9H2,1-2H3. The number of likely N-dealkylation sites (tertiary alicyclic amines) is 1. The highest BCUT2D eigenvalue weighted by Gasteiger charge is 2.31. The Kier molecular flexibility index (Phi) is 3.32. The van der Waals surface area contributed by atoms with Crippen molar-refractivity contribution in [1.82, 2.24) is 4.90 Å². The van der Waals surface area contributed by atoms with Crippen molar-refractivity contribution in [2.75, 3.05) is 6.54 Å². The summed E-state index contributed by atoms with van der Waals surface area (Å²) in [5.74, 6) is 2.30. The van der Waals surface area contributed by atoms with Gasteiger partial charge in [-0.3, -0.25) is 5.41 Å². The van der Waals surface area contributed by atoms with Gasteiger partial charge in [-0.2, -0.15) is 0 Å². The molecule has 1 saturated heterocycles. The van der Waals surface area contributed by atoms with E-state index in [9.17, 15) is 0 Å². The highest BCUT2D eigenvalue weighted by Crippen LogP contribution is 2.30. The lowest BCUT2D eigenvalue weighted by Crippen LogP contribution is -2.47. The molecule has 2 unspecified atom stereocenters. The molecule has 86 valence electrons. The Labute approximate surface area is 93.6 Å². The second kappa shape index (κ2) is 4.54. The van der Waals surface area contributed by atoms with Crippen molar-refractivity contribution in [2.24, 2.45) is 11.8 Å². The normalized spacial score (nSPS) is 33.3. The largest absolute Gasteiger partial charge is 0.357 e. The molecule has 1 saturated carbocycles. The first-order valence-electron chi connectivity index (χ1n) is 6.55. The summed E-state index contributed by atoms with van der Waals surface area (Å²) in [6.07, 6.45) is 7.82. The fourth-order valence-corrected chi connectivity index (χ4v) is 3.11. The highest BCUT2D eigenvalue weighted by molar-refractivity contribution is 5.82. The van der Waals surface area contributed by atoms with Crippen LogP contribution >= 0.6 is 0 Å². The maximum Gasteiger partial charge on any atom is 0.0991 e. The van der Waals surface area contributed by atoms with Crippen LogP contribution in [-0.4, -0.2) is 23.3 Å². The van der Waals surface area contributed by atoms with Crippen molar-refractivity contribution in [1.29, 1.82) is 5.41 Å². The molecule has 0 aromatic heterocycles. The van der Waals surface area contributed by atoms with Crippen LogP contribution in [0.15, 0.2) is 0 Å². The Morgan fingerprint density at radius 1 is 1.07 bits per heavy atom. The van der Waals surface area contributed by atoms with Crippen molar-refractivity contribution in [3.05, 3.63) is 0 Å². The lowest BCUT2D eigenvalue weighted by atomic mass is 9.90. The van der Waals surface area contributed by atoms with Gasteiger partial charge < -0.3 is 4.90 Å². The third-order valence-corrected chi connectivity index (χ3v) is 4.42. The average molecular weight is 208 g/mol. The Hall–Kier alpha value is -0.530. The first-order valence-corrected chi connectivity index (χ1v) is 6.55. The van der Waals surface area contributed by atoms with Gasteiger partial charge in [0.15, 0.2) is 0 Å². The SMILES string of the molecule is CC1CCCN(C(=N)C2CCCC2)C1C. The van der Waals surface area contributed by atoms with Gasteiger partial charge in [0.1, 0.15) is 0 Å². The summed E-state index contributed by atoms with van der Waals surface area (Å²) >= 11 is 0. The molecule has 2 heteroatoms. The van der Waals surface area contributed by atoms with E-state index in [-0.39, 0.29) is 0 Å². The van der Waals surface area contributed by atoms with Crippen molar-refractivity contribution in [3.63, 3.8) is 0 Å². The van der Waals surface area contributed by atoms with Crippen LogP contribution in [0, 0.1) is 17.2 Å². The molecule has 0 aromatic carbocycles. The molecule has 1 N–H and O–H groups in total. The molecule has 0 bridgehead atoms. The molecule has 2 nitrogen and oxygen atoms in total. The molecule has 0 aromatic rings. The number of piperidine rings is 1. The molecule has 2 aliphatic rings. The minimum atomic E-state index is 0.581. The third kappa shape index (κ3) is 2.19. The Morgan fingerprint density at radius 2 is 1.73 bits per heavy atom. The van der Waals surface area contributed by atoms with E-state index in [0.29, 0.717) is 12.0 Å². The number of hydrogen-bond acceptors (Lipinski definition) is 1. The molecule has 2 fully saturated rings. The van der Waals surface area contributed by atoms with Crippen LogP contribution in [0.1, 0.15) is 52.4 Å². The number of hydrogen-bond donors (Lipinski definition) is 1. The molecule has 0 radical (unpaired) electrons. The van der Waals surface area contributed by atoms with E-state index in [0.717, 1.165) is 18.3 Å². The Bertz CT molecular complexity index is 231. The van der Waals surface area contributed by atoms with Gasteiger partial charge in [0.2, 0.25) is 0 Å². The summed E-state index contributed by atoms with van der Waals surface area (Å²) in [6, 6.07) is 0.590. The van der Waals surface area contributed by atoms with Gasteiger partial charge in [-0.05, 0) is 38.5 Å². The minimum absolute atomic E-state index is 0.581. The monoisotopic (exact) mass is 208 g/mol. The van der Waals surface area contributed by atoms with Crippen LogP contribution in [0.3, 0.4) is 0 Å². The van der Waals surface area contributed by atoms with Crippen LogP contribution in [0.2, 0.25) is 0 Å². The smallest absolute Gasteiger partial charge is 0.0991 e. The van der Waals surface area contributed by atoms with Crippen LogP contribution in [-0.2, 0) is 0 Å². The third-order valence-electron chi connectivity index (χ3n) is 4.42. The lowest BCUT2D eigenvalue weighted by molar-refractivity contribution is 0.182. The first kappa shape index (κ1) is 11.0. The van der Waals surface area contributed by atoms with Gasteiger partial charge in [0.25, 0.3) is 0 Å². The van der Waals surface area contributed by atoms with Crippen molar-refractivity contribution in [3.8, 4) is 0 Å². The fraction of sp³-hybridized carbons (Fsp3) is 0.923. The van der Waals surface area contributed by atoms with Crippen LogP contribution in [0.5, 0.6) is 0 Å². The van der Waals surface area contributed by atoms with Gasteiger partial charge in [-0.15, -0.1) is 0 Å². The molecule has 0 amide bonds. The summed E-state index contributed by atoms with van der Waals surface area (Å²) in [4.78, 5) is 2.38. The van der Waals surface area contributed by atoms with Gasteiger partial charge in [0.05, 0.1) is 5.84 Å². The summed E-state index contributed by atoms with van der Waals surface area (Å²) < 4.78 is 0. The van der Waals surface area contributed by atoms with E-state index in [1.54, 1.807) is 0 Å². The summed E-state index contributed by atoms with van der Waals surface area (Å²) in [5, 5.41) is 8.33. The molecule has 1 aliphatic heterocycles. The predicted octanol–water partition coefficient (Wildman–Crippen LogP) is 3.27. The van der Waals surface area contributed by atoms with Crippen molar-refractivity contribution >= 4 is 5.84 Å². The molecule has 0 spiro atoms. The fourth-order valence-electron chi connectivity index (χ4n) is 3.11. The van der Waals surface area contributed by atoms with Crippen molar-refractivity contribution in [2.45, 2.75) is 58.4 Å². The quantitative estimate of drug-likeness (QED) is 0.519. The predicted molar refractivity (Wildman–Crippen MR) is 64.3 cm³/mol. The summed E-state index contributed by atoms with van der Waals surface area (Å²) in [5.41, 5.74) is 0. The Balaban J connectivity index is 1.98. The van der Waals surface area contributed by atoms with E-state index in [1.807, 2.05) is 0 Å². The van der Waals surface area contributed by atoms with Crippen LogP contribution in [0.4, 0.5) is 0 Å². The van der Waals surface area contributed by atoms with Crippen LogP contribution in [0.25, 0.3) is 0 Å². The van der Waals surface area contributed by atoms with E-state index in [4.69, 9.17) is 5.41 Å². The van der Waals surface area contributed by atoms with Crippen molar-refractivity contribution < 1.29 is 0 Å². The maximum atomic E-state index is 8.33. The van der Waals surface area contributed by atoms with Crippen LogP contribution < -0.4 is 0 Å². The molecule has 1 heterocycles. The molecule has 1 aliphatic carbocycles. The topological polar surface area (TPSA) is 27.1 Å². The minimum Gasteiger partial charge on any atom is -0.357 e. The van der Waals surface area contributed by atoms with Gasteiger partial charge in [-0.1, -0.05) is 19.8 Å². The molecular formula is C13H24N2. The molecular weight excluding hydrogens is 184 g/mol. The average Bonchev–Trinajstić information content (AvgIpc) is 2.74. The van der Waals surface area contributed by atoms with E-state index < -0.39 is 0 Å². The second-order valence-corrected chi connectivity index (χ2v) is 5.42. The maximum absolute atomic E-state index is 8.33. The second-order valence-electron chi connectivity index (χ2n) is 5.42. The zero-order valence-corrected chi connectivity index (χ0v) is 10.1. The number of rotatable bonds is 1. The number of amidine groups is 1. The molecule has 2 rings (SSSR count). The molecule has 2 atom stereocenters. The lowest BCUT2D eigenvalue weighted by Gasteiger charge is -2.41. The van der Waals surface area contributed by atoms with Gasteiger partial charge >= 0.3 is 0 Å². The van der Waals surface area contributed by atoms with E-state index in [1.165, 1.54) is 38.5 Å². The summed E-state index contributed by atoms with van der Waals surface area (Å²) in [7, 11) is 0. The van der Waals surface area contributed by atoms with E-state index in [2.05, 4.69) is 18.7 Å². The van der Waals surface area contributed by atoms with Gasteiger partial charge in [0, 0.05) is 18.5 Å². The first-order chi connectivity index (χ1) is 7.20. The number of nitrogens with one attached hydrogen (secondary N) is 1. The Morgan fingerprint density at radius 3 is 2.40 bits per heavy atom. The summed E-state index contributed by atoms with van der Waals surface area (Å²) in [6.45, 7) is 5.76. The number of nitrogens with zero attached hydrogens (tertiary/aromatic N) is 1. The zero-order valence-electron chi connectivity index (χ0n) is 10.1. The highest BCUT2D eigenvalue weighted by atomic mass is 15.2. The van der Waals surface area contributed by atoms with Gasteiger partial charge in [-0.25, -0.2) is 0 Å². The van der Waals surface area contributed by atoms with E-state index >= 15 is 0 Å². The molecule has 15 heavy (non-hydrogen) atoms. The zero-order chi connectivity index (χ0) is 10.8.